The van der Waals surface area contributed by atoms with Crippen molar-refractivity contribution in [2.75, 3.05) is 25.4 Å². The SMILES string of the molecule is OCP(Cl)(CO)(CO)CO.PCl. The van der Waals surface area contributed by atoms with Gasteiger partial charge in [-0.1, -0.05) is 0 Å². The van der Waals surface area contributed by atoms with E-state index in [1.807, 2.05) is 8.59 Å². The number of aliphatic hydroxyl groups excluding tert-OH is 4. The molecule has 0 bridgehead atoms. The smallest absolute Gasteiger partial charge is 0.0393 e. The summed E-state index contributed by atoms with van der Waals surface area (Å²) in [6, 6.07) is 0. The van der Waals surface area contributed by atoms with Gasteiger partial charge in [0.05, 0.1) is 0 Å². The molecule has 0 saturated heterocycles. The fraction of sp³-hybridized carbons (Fsp3) is 1.00. The van der Waals surface area contributed by atoms with Crippen LogP contribution in [-0.4, -0.2) is 45.8 Å². The average molecular weight is 259 g/mol. The molecule has 0 aliphatic heterocycles. The van der Waals surface area contributed by atoms with Crippen LogP contribution in [0.2, 0.25) is 0 Å². The first-order valence-corrected chi connectivity index (χ1v) is 8.54. The van der Waals surface area contributed by atoms with Crippen molar-refractivity contribution in [1.29, 1.82) is 0 Å². The van der Waals surface area contributed by atoms with Crippen LogP contribution >= 0.6 is 37.0 Å². The van der Waals surface area contributed by atoms with Gasteiger partial charge >= 0.3 is 63.0 Å². The van der Waals surface area contributed by atoms with Crippen molar-refractivity contribution in [2.24, 2.45) is 0 Å². The molecule has 0 aliphatic rings. The fourth-order valence-electron chi connectivity index (χ4n) is 0.268. The Morgan fingerprint density at radius 1 is 0.833 bits per heavy atom. The van der Waals surface area contributed by atoms with Crippen LogP contribution in [0.15, 0.2) is 0 Å². The van der Waals surface area contributed by atoms with Crippen molar-refractivity contribution >= 4 is 37.0 Å². The molecule has 0 aliphatic carbocycles. The minimum Gasteiger partial charge on any atom is -0.104 e. The normalized spacial score (nSPS) is 14.1. The summed E-state index contributed by atoms with van der Waals surface area (Å²) in [5.74, 6) is -3.46. The van der Waals surface area contributed by atoms with Gasteiger partial charge in [-0.05, 0) is 8.59 Å². The Morgan fingerprint density at radius 2 is 1.00 bits per heavy atom. The molecule has 8 heteroatoms. The van der Waals surface area contributed by atoms with Gasteiger partial charge in [-0.3, -0.25) is 0 Å². The van der Waals surface area contributed by atoms with E-state index in [1.165, 1.54) is 0 Å². The number of hydrogen-bond acceptors (Lipinski definition) is 4. The Balaban J connectivity index is 0. The maximum Gasteiger partial charge on any atom is -0.0393 e. The van der Waals surface area contributed by atoms with E-state index in [9.17, 15) is 0 Å². The van der Waals surface area contributed by atoms with E-state index in [0.29, 0.717) is 0 Å². The van der Waals surface area contributed by atoms with Gasteiger partial charge in [-0.2, -0.15) is 0 Å². The third-order valence-electron chi connectivity index (χ3n) is 1.41. The standard InChI is InChI=1S/C4H12ClO4P.ClH2P/c5-10(1-6,2-7,3-8)4-9;1-2/h6-9H,1-4H2;2H2. The molecule has 0 aromatic heterocycles. The summed E-state index contributed by atoms with van der Waals surface area (Å²) in [5, 5.41) is 34.7. The van der Waals surface area contributed by atoms with Gasteiger partial charge in [0, 0.05) is 0 Å². The quantitative estimate of drug-likeness (QED) is 0.554. The van der Waals surface area contributed by atoms with Gasteiger partial charge in [0.1, 0.15) is 0 Å². The van der Waals surface area contributed by atoms with Crippen LogP contribution in [0.25, 0.3) is 0 Å². The van der Waals surface area contributed by atoms with Crippen LogP contribution in [0.1, 0.15) is 0 Å². The molecule has 0 radical (unpaired) electrons. The van der Waals surface area contributed by atoms with Crippen molar-refractivity contribution in [3.05, 3.63) is 0 Å². The molecule has 0 rings (SSSR count). The average Bonchev–Trinajstić information content (AvgIpc) is 2.20. The van der Waals surface area contributed by atoms with Crippen LogP contribution in [0.3, 0.4) is 0 Å². The van der Waals surface area contributed by atoms with E-state index >= 15 is 0 Å². The van der Waals surface area contributed by atoms with E-state index < -0.39 is 31.3 Å². The van der Waals surface area contributed by atoms with Crippen LogP contribution < -0.4 is 0 Å². The fourth-order valence-corrected chi connectivity index (χ4v) is 0.805. The number of aliphatic hydroxyl groups is 4. The van der Waals surface area contributed by atoms with Gasteiger partial charge in [-0.25, -0.2) is 0 Å². The molecule has 0 fully saturated rings. The second-order valence-electron chi connectivity index (χ2n) is 2.39. The van der Waals surface area contributed by atoms with E-state index in [4.69, 9.17) is 31.7 Å². The van der Waals surface area contributed by atoms with Gasteiger partial charge < -0.3 is 0 Å². The second-order valence-corrected chi connectivity index (χ2v) is 10.0. The van der Waals surface area contributed by atoms with E-state index in [1.54, 1.807) is 0 Å². The van der Waals surface area contributed by atoms with Gasteiger partial charge in [0.2, 0.25) is 0 Å². The Labute approximate surface area is 83.2 Å². The molecule has 0 spiro atoms. The van der Waals surface area contributed by atoms with Crippen LogP contribution in [0.5, 0.6) is 0 Å². The monoisotopic (exact) mass is 258 g/mol. The molecule has 1 atom stereocenters. The largest absolute Gasteiger partial charge is 0.104 e. The summed E-state index contributed by atoms with van der Waals surface area (Å²) in [6.45, 7) is 0. The number of hydrogen-bond donors (Lipinski definition) is 4. The van der Waals surface area contributed by atoms with Crippen molar-refractivity contribution < 1.29 is 20.4 Å². The Kier molecular flexibility index (Phi) is 8.78. The van der Waals surface area contributed by atoms with Crippen LogP contribution in [0.4, 0.5) is 0 Å². The second kappa shape index (κ2) is 6.69. The number of halogens is 2. The zero-order valence-corrected chi connectivity index (χ0v) is 9.96. The Bertz CT molecular complexity index is 98.1. The summed E-state index contributed by atoms with van der Waals surface area (Å²) in [5.41, 5.74) is 0. The first-order chi connectivity index (χ1) is 5.54. The first kappa shape index (κ1) is 15.7. The Morgan fingerprint density at radius 3 is 1.00 bits per heavy atom. The molecule has 0 aromatic rings. The summed E-state index contributed by atoms with van der Waals surface area (Å²) in [6.07, 6.45) is -2.18. The molecule has 4 N–H and O–H groups in total. The molecule has 0 heterocycles. The molecular formula is C4H14Cl2O4P2. The zero-order valence-electron chi connectivity index (χ0n) is 6.40. The molecule has 0 amide bonds. The van der Waals surface area contributed by atoms with Gasteiger partial charge in [0.25, 0.3) is 0 Å². The van der Waals surface area contributed by atoms with E-state index in [0.717, 1.165) is 0 Å². The molecule has 0 aromatic carbocycles. The molecule has 4 nitrogen and oxygen atoms in total. The summed E-state index contributed by atoms with van der Waals surface area (Å²) in [7, 11) is 1.89. The van der Waals surface area contributed by atoms with Crippen LogP contribution in [0, 0.1) is 0 Å². The minimum absolute atomic E-state index is 0.545. The topological polar surface area (TPSA) is 80.9 Å². The third-order valence-corrected chi connectivity index (χ3v) is 5.52. The zero-order chi connectivity index (χ0) is 10.3. The summed E-state index contributed by atoms with van der Waals surface area (Å²) >= 11 is 10.2. The predicted octanol–water partition coefficient (Wildman–Crippen LogP) is 0.508. The van der Waals surface area contributed by atoms with Gasteiger partial charge in [-0.15, -0.1) is 11.2 Å². The molecule has 0 saturated carbocycles. The van der Waals surface area contributed by atoms with Gasteiger partial charge in [0.15, 0.2) is 0 Å². The summed E-state index contributed by atoms with van der Waals surface area (Å²) in [4.78, 5) is 0. The molecule has 78 valence electrons. The van der Waals surface area contributed by atoms with Crippen molar-refractivity contribution in [1.82, 2.24) is 0 Å². The first-order valence-electron chi connectivity index (χ1n) is 2.92. The third kappa shape index (κ3) is 3.99. The minimum atomic E-state index is -3.46. The maximum absolute atomic E-state index is 8.68. The molecule has 12 heavy (non-hydrogen) atoms. The molecule has 1 unspecified atom stereocenters. The Hall–Kier alpha value is 1.28. The predicted molar refractivity (Wildman–Crippen MR) is 56.7 cm³/mol. The maximum atomic E-state index is 8.68. The number of rotatable bonds is 4. The van der Waals surface area contributed by atoms with Crippen molar-refractivity contribution in [3.8, 4) is 0 Å². The van der Waals surface area contributed by atoms with Crippen molar-refractivity contribution in [3.63, 3.8) is 0 Å². The van der Waals surface area contributed by atoms with Crippen molar-refractivity contribution in [2.45, 2.75) is 0 Å². The van der Waals surface area contributed by atoms with Crippen LogP contribution in [-0.2, 0) is 0 Å². The van der Waals surface area contributed by atoms with E-state index in [2.05, 4.69) is 11.2 Å². The summed E-state index contributed by atoms with van der Waals surface area (Å²) < 4.78 is 0. The molecular weight excluding hydrogens is 245 g/mol. The van der Waals surface area contributed by atoms with E-state index in [-0.39, 0.29) is 0 Å².